The molecule has 16 heavy (non-hydrogen) atoms. The minimum absolute atomic E-state index is 0.457. The topological polar surface area (TPSA) is 47.0 Å². The fourth-order valence-electron chi connectivity index (χ4n) is 1.52. The number of aryl methyl sites for hydroxylation is 1. The summed E-state index contributed by atoms with van der Waals surface area (Å²) in [7, 11) is 0. The Morgan fingerprint density at radius 1 is 1.44 bits per heavy atom. The minimum atomic E-state index is 0.457. The maximum Gasteiger partial charge on any atom is 0.226 e. The molecule has 1 N–H and O–H groups in total. The van der Waals surface area contributed by atoms with Crippen LogP contribution in [0.2, 0.25) is 0 Å². The average molecular weight is 221 g/mol. The SMILES string of the molecule is CCOc1cc(C)nc(NCC2(C)CC2)n1. The second-order valence-corrected chi connectivity index (χ2v) is 4.77. The molecule has 1 fully saturated rings. The first-order chi connectivity index (χ1) is 7.61. The van der Waals surface area contributed by atoms with Crippen molar-refractivity contribution in [1.82, 2.24) is 9.97 Å². The summed E-state index contributed by atoms with van der Waals surface area (Å²) >= 11 is 0. The smallest absolute Gasteiger partial charge is 0.226 e. The highest BCUT2D eigenvalue weighted by molar-refractivity contribution is 5.31. The van der Waals surface area contributed by atoms with Crippen molar-refractivity contribution in [2.75, 3.05) is 18.5 Å². The van der Waals surface area contributed by atoms with E-state index < -0.39 is 0 Å². The van der Waals surface area contributed by atoms with Crippen molar-refractivity contribution in [2.45, 2.75) is 33.6 Å². The van der Waals surface area contributed by atoms with Crippen LogP contribution >= 0.6 is 0 Å². The lowest BCUT2D eigenvalue weighted by Crippen LogP contribution is -2.14. The molecule has 1 saturated carbocycles. The Balaban J connectivity index is 2.01. The zero-order valence-corrected chi connectivity index (χ0v) is 10.2. The molecule has 1 aromatic heterocycles. The Labute approximate surface area is 96.4 Å². The van der Waals surface area contributed by atoms with Gasteiger partial charge in [-0.15, -0.1) is 0 Å². The number of nitrogens with one attached hydrogen (secondary N) is 1. The summed E-state index contributed by atoms with van der Waals surface area (Å²) < 4.78 is 5.38. The van der Waals surface area contributed by atoms with Crippen LogP contribution in [0.5, 0.6) is 5.88 Å². The van der Waals surface area contributed by atoms with E-state index in [4.69, 9.17) is 4.74 Å². The fourth-order valence-corrected chi connectivity index (χ4v) is 1.52. The highest BCUT2D eigenvalue weighted by Gasteiger charge is 2.36. The molecular formula is C12H19N3O. The van der Waals surface area contributed by atoms with Crippen LogP contribution in [0.25, 0.3) is 0 Å². The van der Waals surface area contributed by atoms with E-state index in [1.807, 2.05) is 19.9 Å². The van der Waals surface area contributed by atoms with Crippen LogP contribution in [0.1, 0.15) is 32.4 Å². The molecule has 4 heteroatoms. The Kier molecular flexibility index (Phi) is 2.99. The summed E-state index contributed by atoms with van der Waals surface area (Å²) in [4.78, 5) is 8.65. The lowest BCUT2D eigenvalue weighted by atomic mass is 10.1. The second-order valence-electron chi connectivity index (χ2n) is 4.77. The second kappa shape index (κ2) is 4.28. The quantitative estimate of drug-likeness (QED) is 0.829. The van der Waals surface area contributed by atoms with Gasteiger partial charge in [-0.25, -0.2) is 4.98 Å². The summed E-state index contributed by atoms with van der Waals surface area (Å²) in [5, 5.41) is 3.28. The molecule has 0 aliphatic heterocycles. The van der Waals surface area contributed by atoms with Gasteiger partial charge < -0.3 is 10.1 Å². The normalized spacial score (nSPS) is 16.9. The highest BCUT2D eigenvalue weighted by Crippen LogP contribution is 2.44. The molecule has 2 rings (SSSR count). The van der Waals surface area contributed by atoms with Gasteiger partial charge in [0.1, 0.15) is 0 Å². The molecule has 88 valence electrons. The first kappa shape index (κ1) is 11.2. The first-order valence-corrected chi connectivity index (χ1v) is 5.84. The van der Waals surface area contributed by atoms with E-state index in [1.165, 1.54) is 12.8 Å². The minimum Gasteiger partial charge on any atom is -0.478 e. The first-order valence-electron chi connectivity index (χ1n) is 5.84. The van der Waals surface area contributed by atoms with Crippen LogP contribution in [0, 0.1) is 12.3 Å². The van der Waals surface area contributed by atoms with Gasteiger partial charge in [-0.05, 0) is 32.1 Å². The highest BCUT2D eigenvalue weighted by atomic mass is 16.5. The monoisotopic (exact) mass is 221 g/mol. The van der Waals surface area contributed by atoms with Crippen molar-refractivity contribution >= 4 is 5.95 Å². The van der Waals surface area contributed by atoms with Gasteiger partial charge in [0.25, 0.3) is 0 Å². The third kappa shape index (κ3) is 2.84. The van der Waals surface area contributed by atoms with Gasteiger partial charge in [-0.1, -0.05) is 6.92 Å². The van der Waals surface area contributed by atoms with E-state index >= 15 is 0 Å². The van der Waals surface area contributed by atoms with E-state index in [0.29, 0.717) is 23.9 Å². The lowest BCUT2D eigenvalue weighted by molar-refractivity contribution is 0.326. The van der Waals surface area contributed by atoms with Crippen LogP contribution in [0.15, 0.2) is 6.07 Å². The maximum absolute atomic E-state index is 5.38. The predicted octanol–water partition coefficient (Wildman–Crippen LogP) is 2.40. The summed E-state index contributed by atoms with van der Waals surface area (Å²) in [6, 6.07) is 1.85. The number of aromatic nitrogens is 2. The van der Waals surface area contributed by atoms with Gasteiger partial charge in [0, 0.05) is 18.3 Å². The van der Waals surface area contributed by atoms with Crippen molar-refractivity contribution in [3.8, 4) is 5.88 Å². The maximum atomic E-state index is 5.38. The van der Waals surface area contributed by atoms with Crippen LogP contribution in [0.4, 0.5) is 5.95 Å². The van der Waals surface area contributed by atoms with E-state index in [0.717, 1.165) is 12.2 Å². The molecule has 0 aromatic carbocycles. The molecule has 1 aliphatic rings. The molecule has 0 bridgehead atoms. The van der Waals surface area contributed by atoms with Gasteiger partial charge in [0.05, 0.1) is 6.61 Å². The summed E-state index contributed by atoms with van der Waals surface area (Å²) in [5.41, 5.74) is 1.39. The van der Waals surface area contributed by atoms with Crippen LogP contribution < -0.4 is 10.1 Å². The largest absolute Gasteiger partial charge is 0.478 e. The Morgan fingerprint density at radius 3 is 2.81 bits per heavy atom. The number of hydrogen-bond donors (Lipinski definition) is 1. The molecule has 0 unspecified atom stereocenters. The standard InChI is InChI=1S/C12H19N3O/c1-4-16-10-7-9(2)14-11(15-10)13-8-12(3)5-6-12/h7H,4-6,8H2,1-3H3,(H,13,14,15). The molecule has 0 amide bonds. The fraction of sp³-hybridized carbons (Fsp3) is 0.667. The van der Waals surface area contributed by atoms with E-state index in [9.17, 15) is 0 Å². The Hall–Kier alpha value is -1.32. The van der Waals surface area contributed by atoms with Crippen LogP contribution in [-0.2, 0) is 0 Å². The molecule has 0 radical (unpaired) electrons. The summed E-state index contributed by atoms with van der Waals surface area (Å²) in [5.74, 6) is 1.33. The van der Waals surface area contributed by atoms with Crippen molar-refractivity contribution in [3.63, 3.8) is 0 Å². The number of hydrogen-bond acceptors (Lipinski definition) is 4. The van der Waals surface area contributed by atoms with Gasteiger partial charge in [0.15, 0.2) is 0 Å². The van der Waals surface area contributed by atoms with Gasteiger partial charge in [-0.2, -0.15) is 4.98 Å². The van der Waals surface area contributed by atoms with E-state index in [-0.39, 0.29) is 0 Å². The van der Waals surface area contributed by atoms with Crippen molar-refractivity contribution in [2.24, 2.45) is 5.41 Å². The predicted molar refractivity (Wildman–Crippen MR) is 63.8 cm³/mol. The van der Waals surface area contributed by atoms with Crippen molar-refractivity contribution in [1.29, 1.82) is 0 Å². The lowest BCUT2D eigenvalue weighted by Gasteiger charge is -2.11. The number of nitrogens with zero attached hydrogens (tertiary/aromatic N) is 2. The van der Waals surface area contributed by atoms with Crippen molar-refractivity contribution in [3.05, 3.63) is 11.8 Å². The van der Waals surface area contributed by atoms with E-state index in [2.05, 4.69) is 22.2 Å². The molecule has 4 nitrogen and oxygen atoms in total. The van der Waals surface area contributed by atoms with Gasteiger partial charge in [0.2, 0.25) is 11.8 Å². The molecule has 1 aromatic rings. The zero-order valence-electron chi connectivity index (χ0n) is 10.2. The molecule has 1 aliphatic carbocycles. The number of rotatable bonds is 5. The number of ether oxygens (including phenoxy) is 1. The molecule has 0 atom stereocenters. The Bertz CT molecular complexity index is 375. The van der Waals surface area contributed by atoms with Gasteiger partial charge in [-0.3, -0.25) is 0 Å². The molecular weight excluding hydrogens is 202 g/mol. The molecule has 0 saturated heterocycles. The number of anilines is 1. The molecule has 1 heterocycles. The molecule has 0 spiro atoms. The van der Waals surface area contributed by atoms with Crippen molar-refractivity contribution < 1.29 is 4.74 Å². The Morgan fingerprint density at radius 2 is 2.19 bits per heavy atom. The third-order valence-electron chi connectivity index (χ3n) is 2.90. The third-order valence-corrected chi connectivity index (χ3v) is 2.90. The van der Waals surface area contributed by atoms with Crippen LogP contribution in [0.3, 0.4) is 0 Å². The summed E-state index contributed by atoms with van der Waals surface area (Å²) in [6.45, 7) is 7.76. The zero-order chi connectivity index (χ0) is 11.6. The van der Waals surface area contributed by atoms with Crippen LogP contribution in [-0.4, -0.2) is 23.1 Å². The average Bonchev–Trinajstić information content (AvgIpc) is 2.94. The van der Waals surface area contributed by atoms with Gasteiger partial charge >= 0.3 is 0 Å². The van der Waals surface area contributed by atoms with E-state index in [1.54, 1.807) is 0 Å². The summed E-state index contributed by atoms with van der Waals surface area (Å²) in [6.07, 6.45) is 2.59.